The van der Waals surface area contributed by atoms with Gasteiger partial charge in [0.15, 0.2) is 0 Å². The average Bonchev–Trinajstić information content (AvgIpc) is 2.71. The quantitative estimate of drug-likeness (QED) is 0.794. The molecule has 1 N–H and O–H groups in total. The molecule has 0 aliphatic carbocycles. The summed E-state index contributed by atoms with van der Waals surface area (Å²) in [5, 5.41) is 5.51. The van der Waals surface area contributed by atoms with Crippen molar-refractivity contribution in [2.75, 3.05) is 13.1 Å². The lowest BCUT2D eigenvalue weighted by molar-refractivity contribution is -0.142. The summed E-state index contributed by atoms with van der Waals surface area (Å²) in [7, 11) is 0. The molecule has 4 heteroatoms. The fourth-order valence-electron chi connectivity index (χ4n) is 4.42. The van der Waals surface area contributed by atoms with Crippen LogP contribution in [-0.2, 0) is 16.1 Å². The number of hydrogen-bond donors (Lipinski definition) is 1. The zero-order valence-corrected chi connectivity index (χ0v) is 18.2. The van der Waals surface area contributed by atoms with E-state index in [1.165, 1.54) is 10.8 Å². The van der Waals surface area contributed by atoms with E-state index in [1.54, 1.807) is 0 Å². The zero-order valence-electron chi connectivity index (χ0n) is 18.2. The van der Waals surface area contributed by atoms with E-state index in [9.17, 15) is 9.59 Å². The first-order valence-electron chi connectivity index (χ1n) is 10.8. The van der Waals surface area contributed by atoms with Gasteiger partial charge in [-0.25, -0.2) is 0 Å². The maximum Gasteiger partial charge on any atom is 0.227 e. The zero-order chi connectivity index (χ0) is 21.0. The van der Waals surface area contributed by atoms with Gasteiger partial charge in [-0.3, -0.25) is 9.59 Å². The number of amides is 2. The Morgan fingerprint density at radius 1 is 1.07 bits per heavy atom. The Morgan fingerprint density at radius 2 is 1.79 bits per heavy atom. The largest absolute Gasteiger partial charge is 0.352 e. The van der Waals surface area contributed by atoms with Crippen molar-refractivity contribution < 1.29 is 9.59 Å². The molecule has 156 valence electrons. The number of rotatable bonds is 5. The molecule has 1 saturated heterocycles. The van der Waals surface area contributed by atoms with Crippen molar-refractivity contribution in [3.63, 3.8) is 0 Å². The summed E-state index contributed by atoms with van der Waals surface area (Å²) in [5.41, 5.74) is 0.801. The van der Waals surface area contributed by atoms with Gasteiger partial charge in [-0.05, 0) is 34.6 Å². The molecule has 2 atom stereocenters. The Kier molecular flexibility index (Phi) is 6.61. The summed E-state index contributed by atoms with van der Waals surface area (Å²) >= 11 is 0. The van der Waals surface area contributed by atoms with Gasteiger partial charge in [0.1, 0.15) is 0 Å². The van der Waals surface area contributed by atoms with Crippen LogP contribution >= 0.6 is 0 Å². The highest BCUT2D eigenvalue weighted by Crippen LogP contribution is 2.31. The SMILES string of the molecule is CCC1CN(C(=O)C(C)(C)C)CCC1CC(=O)NCc1cccc2ccccc12. The maximum absolute atomic E-state index is 12.7. The molecule has 0 radical (unpaired) electrons. The van der Waals surface area contributed by atoms with Gasteiger partial charge in [-0.1, -0.05) is 76.6 Å². The number of benzene rings is 2. The van der Waals surface area contributed by atoms with Gasteiger partial charge in [0.25, 0.3) is 0 Å². The van der Waals surface area contributed by atoms with E-state index < -0.39 is 0 Å². The predicted molar refractivity (Wildman–Crippen MR) is 118 cm³/mol. The number of piperidine rings is 1. The number of nitrogens with zero attached hydrogens (tertiary/aromatic N) is 1. The van der Waals surface area contributed by atoms with Crippen molar-refractivity contribution in [3.05, 3.63) is 48.0 Å². The monoisotopic (exact) mass is 394 g/mol. The average molecular weight is 395 g/mol. The molecular formula is C25H34N2O2. The molecular weight excluding hydrogens is 360 g/mol. The molecule has 2 unspecified atom stereocenters. The molecule has 0 saturated carbocycles. The van der Waals surface area contributed by atoms with Crippen molar-refractivity contribution >= 4 is 22.6 Å². The van der Waals surface area contributed by atoms with Gasteiger partial charge in [0.2, 0.25) is 11.8 Å². The van der Waals surface area contributed by atoms with Gasteiger partial charge in [-0.2, -0.15) is 0 Å². The lowest BCUT2D eigenvalue weighted by atomic mass is 9.80. The molecule has 0 bridgehead atoms. The van der Waals surface area contributed by atoms with Gasteiger partial charge < -0.3 is 10.2 Å². The minimum absolute atomic E-state index is 0.108. The second kappa shape index (κ2) is 8.98. The molecule has 4 nitrogen and oxygen atoms in total. The van der Waals surface area contributed by atoms with Crippen LogP contribution in [0.5, 0.6) is 0 Å². The van der Waals surface area contributed by atoms with Crippen LogP contribution in [0.15, 0.2) is 42.5 Å². The van der Waals surface area contributed by atoms with Crippen molar-refractivity contribution in [1.82, 2.24) is 10.2 Å². The second-order valence-electron chi connectivity index (χ2n) is 9.34. The minimum atomic E-state index is -0.346. The summed E-state index contributed by atoms with van der Waals surface area (Å²) in [6.45, 7) is 10.2. The Hall–Kier alpha value is -2.36. The number of carbonyl (C=O) groups is 2. The standard InChI is InChI=1S/C25H34N2O2/c1-5-18-17-27(24(29)25(2,3)4)14-13-20(18)15-23(28)26-16-21-11-8-10-19-9-6-7-12-22(19)21/h6-12,18,20H,5,13-17H2,1-4H3,(H,26,28). The van der Waals surface area contributed by atoms with Crippen LogP contribution in [0.2, 0.25) is 0 Å². The molecule has 1 heterocycles. The third-order valence-electron chi connectivity index (χ3n) is 6.15. The van der Waals surface area contributed by atoms with Crippen LogP contribution in [0.1, 0.15) is 52.5 Å². The minimum Gasteiger partial charge on any atom is -0.352 e. The van der Waals surface area contributed by atoms with Crippen molar-refractivity contribution in [3.8, 4) is 0 Å². The lowest BCUT2D eigenvalue weighted by Gasteiger charge is -2.40. The fraction of sp³-hybridized carbons (Fsp3) is 0.520. The van der Waals surface area contributed by atoms with E-state index in [4.69, 9.17) is 0 Å². The maximum atomic E-state index is 12.7. The fourth-order valence-corrected chi connectivity index (χ4v) is 4.42. The molecule has 2 aromatic carbocycles. The van der Waals surface area contributed by atoms with Gasteiger partial charge in [-0.15, -0.1) is 0 Å². The molecule has 0 aromatic heterocycles. The number of nitrogens with one attached hydrogen (secondary N) is 1. The molecule has 1 fully saturated rings. The van der Waals surface area contributed by atoms with E-state index in [0.29, 0.717) is 24.8 Å². The first kappa shape index (κ1) is 21.4. The first-order chi connectivity index (χ1) is 13.8. The van der Waals surface area contributed by atoms with Gasteiger partial charge in [0, 0.05) is 31.5 Å². The molecule has 0 spiro atoms. The van der Waals surface area contributed by atoms with E-state index in [2.05, 4.69) is 36.5 Å². The van der Waals surface area contributed by atoms with Crippen molar-refractivity contribution in [1.29, 1.82) is 0 Å². The van der Waals surface area contributed by atoms with Crippen LogP contribution < -0.4 is 5.32 Å². The third kappa shape index (κ3) is 5.17. The Morgan fingerprint density at radius 3 is 2.52 bits per heavy atom. The molecule has 2 aromatic rings. The second-order valence-corrected chi connectivity index (χ2v) is 9.34. The first-order valence-corrected chi connectivity index (χ1v) is 10.8. The number of likely N-dealkylation sites (tertiary alicyclic amines) is 1. The smallest absolute Gasteiger partial charge is 0.227 e. The molecule has 29 heavy (non-hydrogen) atoms. The highest BCUT2D eigenvalue weighted by molar-refractivity contribution is 5.86. The third-order valence-corrected chi connectivity index (χ3v) is 6.15. The Labute approximate surface area is 174 Å². The van der Waals surface area contributed by atoms with E-state index in [-0.39, 0.29) is 17.2 Å². The van der Waals surface area contributed by atoms with E-state index in [0.717, 1.165) is 31.5 Å². The number of hydrogen-bond acceptors (Lipinski definition) is 2. The summed E-state index contributed by atoms with van der Waals surface area (Å²) < 4.78 is 0. The normalized spacial score (nSPS) is 19.9. The highest BCUT2D eigenvalue weighted by atomic mass is 16.2. The summed E-state index contributed by atoms with van der Waals surface area (Å²) in [4.78, 5) is 27.3. The van der Waals surface area contributed by atoms with E-state index in [1.807, 2.05) is 43.9 Å². The Balaban J connectivity index is 1.57. The summed E-state index contributed by atoms with van der Waals surface area (Å²) in [5.74, 6) is 1.06. The van der Waals surface area contributed by atoms with E-state index >= 15 is 0 Å². The molecule has 1 aliphatic heterocycles. The molecule has 2 amide bonds. The van der Waals surface area contributed by atoms with Gasteiger partial charge in [0.05, 0.1) is 0 Å². The van der Waals surface area contributed by atoms with Crippen molar-refractivity contribution in [2.45, 2.75) is 53.5 Å². The summed E-state index contributed by atoms with van der Waals surface area (Å²) in [6.07, 6.45) is 2.44. The van der Waals surface area contributed by atoms with Crippen LogP contribution in [0.3, 0.4) is 0 Å². The van der Waals surface area contributed by atoms with Crippen LogP contribution in [0, 0.1) is 17.3 Å². The van der Waals surface area contributed by atoms with Crippen LogP contribution in [0.25, 0.3) is 10.8 Å². The van der Waals surface area contributed by atoms with Crippen molar-refractivity contribution in [2.24, 2.45) is 17.3 Å². The molecule has 1 aliphatic rings. The Bertz CT molecular complexity index is 863. The number of carbonyl (C=O) groups excluding carboxylic acids is 2. The highest BCUT2D eigenvalue weighted by Gasteiger charge is 2.35. The van der Waals surface area contributed by atoms with Crippen LogP contribution in [-0.4, -0.2) is 29.8 Å². The predicted octanol–water partition coefficient (Wildman–Crippen LogP) is 4.77. The topological polar surface area (TPSA) is 49.4 Å². The van der Waals surface area contributed by atoms with Crippen LogP contribution in [0.4, 0.5) is 0 Å². The van der Waals surface area contributed by atoms with Gasteiger partial charge >= 0.3 is 0 Å². The number of fused-ring (bicyclic) bond motifs is 1. The summed E-state index contributed by atoms with van der Waals surface area (Å²) in [6, 6.07) is 14.5. The molecule has 3 rings (SSSR count). The lowest BCUT2D eigenvalue weighted by Crippen LogP contribution is -2.48.